The summed E-state index contributed by atoms with van der Waals surface area (Å²) in [5.74, 6) is 0.748. The van der Waals surface area contributed by atoms with Gasteiger partial charge in [0.15, 0.2) is 12.1 Å². The van der Waals surface area contributed by atoms with E-state index in [2.05, 4.69) is 0 Å². The second kappa shape index (κ2) is 10.2. The molecule has 1 fully saturated rings. The molecule has 1 aliphatic heterocycles. The first-order valence-electron chi connectivity index (χ1n) is 10.8. The molecule has 170 valence electrons. The van der Waals surface area contributed by atoms with E-state index in [-0.39, 0.29) is 29.1 Å². The minimum atomic E-state index is -0.344. The van der Waals surface area contributed by atoms with Crippen molar-refractivity contribution < 1.29 is 29.2 Å². The van der Waals surface area contributed by atoms with E-state index in [9.17, 15) is 15.0 Å². The highest BCUT2D eigenvalue weighted by Crippen LogP contribution is 2.32. The van der Waals surface area contributed by atoms with Crippen LogP contribution in [-0.2, 0) is 4.74 Å². The van der Waals surface area contributed by atoms with Crippen LogP contribution >= 0.6 is 0 Å². The third kappa shape index (κ3) is 5.54. The number of phenolic OH excluding ortho intramolecular Hbond substituents is 2. The van der Waals surface area contributed by atoms with Crippen molar-refractivity contribution in [2.45, 2.75) is 25.6 Å². The van der Waals surface area contributed by atoms with Crippen molar-refractivity contribution in [3.8, 4) is 23.0 Å². The van der Waals surface area contributed by atoms with Gasteiger partial charge >= 0.3 is 0 Å². The number of aromatic hydroxyl groups is 2. The fourth-order valence-corrected chi connectivity index (χ4v) is 3.67. The van der Waals surface area contributed by atoms with E-state index >= 15 is 0 Å². The van der Waals surface area contributed by atoms with Crippen LogP contribution in [0.5, 0.6) is 23.0 Å². The van der Waals surface area contributed by atoms with E-state index < -0.39 is 0 Å². The minimum absolute atomic E-state index is 0.139. The van der Waals surface area contributed by atoms with Gasteiger partial charge in [-0.05, 0) is 66.4 Å². The van der Waals surface area contributed by atoms with Gasteiger partial charge in [0, 0.05) is 18.1 Å². The van der Waals surface area contributed by atoms with Crippen LogP contribution < -0.4 is 9.47 Å². The number of allylic oxidation sites excluding steroid dienone is 1. The summed E-state index contributed by atoms with van der Waals surface area (Å²) in [7, 11) is 1.58. The van der Waals surface area contributed by atoms with E-state index in [1.165, 1.54) is 6.07 Å². The summed E-state index contributed by atoms with van der Waals surface area (Å²) in [6.45, 7) is 0.653. The lowest BCUT2D eigenvalue weighted by Gasteiger charge is -2.23. The normalized spacial score (nSPS) is 16.3. The van der Waals surface area contributed by atoms with Crippen LogP contribution in [0.15, 0.2) is 66.7 Å². The molecule has 2 N–H and O–H groups in total. The van der Waals surface area contributed by atoms with Crippen LogP contribution in [0.1, 0.15) is 40.7 Å². The number of carbonyl (C=O) groups excluding carboxylic acids is 1. The third-order valence-corrected chi connectivity index (χ3v) is 5.47. The van der Waals surface area contributed by atoms with Gasteiger partial charge in [0.25, 0.3) is 0 Å². The van der Waals surface area contributed by atoms with Gasteiger partial charge in [-0.15, -0.1) is 0 Å². The molecule has 0 bridgehead atoms. The zero-order chi connectivity index (χ0) is 23.2. The molecular formula is C27H26O6. The van der Waals surface area contributed by atoms with Gasteiger partial charge in [-0.1, -0.05) is 24.3 Å². The summed E-state index contributed by atoms with van der Waals surface area (Å²) in [4.78, 5) is 13.5. The molecule has 1 atom stereocenters. The highest BCUT2D eigenvalue weighted by atomic mass is 16.7. The standard InChI is InChI=1S/C27H26O6/c1-31-21-11-7-19(8-12-21)24(16-18-5-9-20(28)10-6-18)27(30)23-14-13-22(17-25(23)29)33-26-4-2-3-15-32-26/h5-14,16-17,26,28-29H,2-4,15H2,1H3/b24-16+. The molecule has 1 unspecified atom stereocenters. The predicted molar refractivity (Wildman–Crippen MR) is 126 cm³/mol. The van der Waals surface area contributed by atoms with Gasteiger partial charge < -0.3 is 24.4 Å². The molecule has 0 spiro atoms. The van der Waals surface area contributed by atoms with Crippen LogP contribution in [0.25, 0.3) is 11.6 Å². The Labute approximate surface area is 192 Å². The number of Topliss-reactive ketones (excluding diaryl/α,β-unsaturated/α-hetero) is 1. The molecule has 33 heavy (non-hydrogen) atoms. The lowest BCUT2D eigenvalue weighted by Crippen LogP contribution is -2.24. The predicted octanol–water partition coefficient (Wildman–Crippen LogP) is 5.44. The second-order valence-electron chi connectivity index (χ2n) is 7.80. The molecule has 1 aliphatic rings. The molecule has 1 heterocycles. The SMILES string of the molecule is COc1ccc(/C(=C\c2ccc(O)cc2)C(=O)c2ccc(OC3CCCCO3)cc2O)cc1. The average Bonchev–Trinajstić information content (AvgIpc) is 2.84. The molecule has 3 aromatic carbocycles. The number of phenols is 2. The van der Waals surface area contributed by atoms with Crippen LogP contribution in [0, 0.1) is 0 Å². The van der Waals surface area contributed by atoms with E-state index in [4.69, 9.17) is 14.2 Å². The number of carbonyl (C=O) groups is 1. The Balaban J connectivity index is 1.65. The molecule has 0 radical (unpaired) electrons. The summed E-state index contributed by atoms with van der Waals surface area (Å²) < 4.78 is 16.6. The highest BCUT2D eigenvalue weighted by molar-refractivity contribution is 6.33. The van der Waals surface area contributed by atoms with Gasteiger partial charge in [-0.3, -0.25) is 4.79 Å². The van der Waals surface area contributed by atoms with Gasteiger partial charge in [0.1, 0.15) is 23.0 Å². The number of ketones is 1. The van der Waals surface area contributed by atoms with Crippen molar-refractivity contribution in [1.29, 1.82) is 0 Å². The van der Waals surface area contributed by atoms with E-state index in [0.29, 0.717) is 29.2 Å². The van der Waals surface area contributed by atoms with Crippen molar-refractivity contribution in [3.05, 3.63) is 83.4 Å². The Morgan fingerprint density at radius 1 is 0.970 bits per heavy atom. The fraction of sp³-hybridized carbons (Fsp3) is 0.222. The molecule has 0 amide bonds. The highest BCUT2D eigenvalue weighted by Gasteiger charge is 2.20. The molecule has 0 aromatic heterocycles. The number of hydrogen-bond acceptors (Lipinski definition) is 6. The molecule has 3 aromatic rings. The van der Waals surface area contributed by atoms with E-state index in [1.54, 1.807) is 73.8 Å². The Bertz CT molecular complexity index is 1130. The molecule has 6 heteroatoms. The largest absolute Gasteiger partial charge is 0.508 e. The van der Waals surface area contributed by atoms with Crippen molar-refractivity contribution in [2.75, 3.05) is 13.7 Å². The van der Waals surface area contributed by atoms with Gasteiger partial charge in [0.2, 0.25) is 0 Å². The van der Waals surface area contributed by atoms with Gasteiger partial charge in [-0.25, -0.2) is 0 Å². The van der Waals surface area contributed by atoms with Crippen molar-refractivity contribution >= 4 is 17.4 Å². The first-order valence-corrected chi connectivity index (χ1v) is 10.8. The summed E-state index contributed by atoms with van der Waals surface area (Å²) in [6, 6.07) is 18.3. The van der Waals surface area contributed by atoms with E-state index in [0.717, 1.165) is 24.8 Å². The number of methoxy groups -OCH3 is 1. The van der Waals surface area contributed by atoms with Crippen molar-refractivity contribution in [1.82, 2.24) is 0 Å². The zero-order valence-corrected chi connectivity index (χ0v) is 18.4. The Kier molecular flexibility index (Phi) is 6.95. The van der Waals surface area contributed by atoms with Gasteiger partial charge in [0.05, 0.1) is 19.3 Å². The summed E-state index contributed by atoms with van der Waals surface area (Å²) in [5.41, 5.74) is 1.96. The van der Waals surface area contributed by atoms with Crippen LogP contribution in [0.2, 0.25) is 0 Å². The molecule has 6 nitrogen and oxygen atoms in total. The van der Waals surface area contributed by atoms with Crippen molar-refractivity contribution in [2.24, 2.45) is 0 Å². The number of ether oxygens (including phenoxy) is 3. The Morgan fingerprint density at radius 3 is 2.33 bits per heavy atom. The summed E-state index contributed by atoms with van der Waals surface area (Å²) in [5, 5.41) is 20.2. The molecule has 0 aliphatic carbocycles. The third-order valence-electron chi connectivity index (χ3n) is 5.47. The number of benzene rings is 3. The number of hydrogen-bond donors (Lipinski definition) is 2. The average molecular weight is 446 g/mol. The topological polar surface area (TPSA) is 85.2 Å². The zero-order valence-electron chi connectivity index (χ0n) is 18.4. The molecule has 0 saturated carbocycles. The first-order chi connectivity index (χ1) is 16.0. The maximum absolute atomic E-state index is 13.5. The monoisotopic (exact) mass is 446 g/mol. The van der Waals surface area contributed by atoms with Crippen LogP contribution in [-0.4, -0.2) is 36.0 Å². The molecular weight excluding hydrogens is 420 g/mol. The molecule has 1 saturated heterocycles. The maximum atomic E-state index is 13.5. The lowest BCUT2D eigenvalue weighted by atomic mass is 9.94. The molecule has 4 rings (SSSR count). The maximum Gasteiger partial charge on any atom is 0.199 e. The summed E-state index contributed by atoms with van der Waals surface area (Å²) >= 11 is 0. The minimum Gasteiger partial charge on any atom is -0.508 e. The van der Waals surface area contributed by atoms with Crippen LogP contribution in [0.4, 0.5) is 0 Å². The quantitative estimate of drug-likeness (QED) is 0.286. The van der Waals surface area contributed by atoms with Gasteiger partial charge in [-0.2, -0.15) is 0 Å². The smallest absolute Gasteiger partial charge is 0.199 e. The lowest BCUT2D eigenvalue weighted by molar-refractivity contribution is -0.105. The van der Waals surface area contributed by atoms with E-state index in [1.807, 2.05) is 0 Å². The Morgan fingerprint density at radius 2 is 1.70 bits per heavy atom. The second-order valence-corrected chi connectivity index (χ2v) is 7.80. The first kappa shape index (κ1) is 22.4. The fourth-order valence-electron chi connectivity index (χ4n) is 3.67. The Hall–Kier alpha value is -3.77. The number of rotatable bonds is 7. The summed E-state index contributed by atoms with van der Waals surface area (Å²) in [6.07, 6.45) is 4.21. The van der Waals surface area contributed by atoms with Crippen molar-refractivity contribution in [3.63, 3.8) is 0 Å². The van der Waals surface area contributed by atoms with Crippen LogP contribution in [0.3, 0.4) is 0 Å².